The van der Waals surface area contributed by atoms with E-state index in [9.17, 15) is 18.0 Å². The largest absolute Gasteiger partial charge is 0.455 e. The number of pyridine rings is 2. The molecule has 1 amide bonds. The van der Waals surface area contributed by atoms with Crippen molar-refractivity contribution in [1.29, 1.82) is 0 Å². The average Bonchev–Trinajstić information content (AvgIpc) is 3.59. The average molecular weight is 605 g/mol. The molecule has 1 spiro atoms. The molecule has 1 saturated heterocycles. The lowest BCUT2D eigenvalue weighted by molar-refractivity contribution is -0.138. The predicted octanol–water partition coefficient (Wildman–Crippen LogP) is 5.70. The highest BCUT2D eigenvalue weighted by atomic mass is 19.4. The highest BCUT2D eigenvalue weighted by Gasteiger charge is 2.45. The van der Waals surface area contributed by atoms with Gasteiger partial charge in [-0.1, -0.05) is 19.1 Å². The maximum Gasteiger partial charge on any atom is 0.416 e. The van der Waals surface area contributed by atoms with Crippen LogP contribution in [0.1, 0.15) is 59.3 Å². The van der Waals surface area contributed by atoms with Crippen molar-refractivity contribution in [3.8, 4) is 11.5 Å². The van der Waals surface area contributed by atoms with Gasteiger partial charge in [-0.15, -0.1) is 0 Å². The summed E-state index contributed by atoms with van der Waals surface area (Å²) < 4.78 is 48.7. The number of hydrogen-bond donors (Lipinski definition) is 2. The molecule has 2 aliphatic heterocycles. The summed E-state index contributed by atoms with van der Waals surface area (Å²) in [5, 5.41) is 4.36. The first-order valence-corrected chi connectivity index (χ1v) is 15.1. The van der Waals surface area contributed by atoms with Crippen LogP contribution < -0.4 is 10.1 Å². The summed E-state index contributed by atoms with van der Waals surface area (Å²) in [5.41, 5.74) is 3.50. The van der Waals surface area contributed by atoms with Crippen molar-refractivity contribution >= 4 is 16.9 Å². The Morgan fingerprint density at radius 1 is 1.16 bits per heavy atom. The number of carbonyl (C=O) groups excluding carboxylic acids is 1. The number of rotatable bonds is 6. The number of ether oxygens (including phenoxy) is 1. The van der Waals surface area contributed by atoms with E-state index in [0.29, 0.717) is 36.7 Å². The van der Waals surface area contributed by atoms with Gasteiger partial charge in [-0.05, 0) is 60.7 Å². The first kappa shape index (κ1) is 28.8. The molecule has 1 aliphatic carbocycles. The van der Waals surface area contributed by atoms with Crippen LogP contribution in [0.4, 0.5) is 13.2 Å². The summed E-state index contributed by atoms with van der Waals surface area (Å²) >= 11 is 0. The van der Waals surface area contributed by atoms with Gasteiger partial charge in [0.05, 0.1) is 29.3 Å². The van der Waals surface area contributed by atoms with E-state index in [1.54, 1.807) is 35.5 Å². The van der Waals surface area contributed by atoms with Crippen molar-refractivity contribution in [1.82, 2.24) is 30.1 Å². The number of H-pyrrole nitrogens is 1. The quantitative estimate of drug-likeness (QED) is 0.294. The van der Waals surface area contributed by atoms with E-state index in [2.05, 4.69) is 25.2 Å². The fourth-order valence-corrected chi connectivity index (χ4v) is 6.68. The lowest BCUT2D eigenvalue weighted by Crippen LogP contribution is -2.52. The molecule has 0 unspecified atom stereocenters. The van der Waals surface area contributed by atoms with Crippen molar-refractivity contribution in [2.75, 3.05) is 26.2 Å². The van der Waals surface area contributed by atoms with Gasteiger partial charge in [0.1, 0.15) is 17.1 Å². The number of aryl methyl sites for hydroxylation is 1. The van der Waals surface area contributed by atoms with Gasteiger partial charge in [0.2, 0.25) is 5.91 Å². The maximum atomic E-state index is 14.2. The molecule has 8 nitrogen and oxygen atoms in total. The normalized spacial score (nSPS) is 19.8. The molecule has 1 aromatic carbocycles. The van der Waals surface area contributed by atoms with Gasteiger partial charge < -0.3 is 19.9 Å². The lowest BCUT2D eigenvalue weighted by atomic mass is 9.95. The van der Waals surface area contributed by atoms with E-state index < -0.39 is 11.7 Å². The summed E-state index contributed by atoms with van der Waals surface area (Å²) in [6.07, 6.45) is 0.897. The summed E-state index contributed by atoms with van der Waals surface area (Å²) in [5.74, 6) is 0.939. The third-order valence-electron chi connectivity index (χ3n) is 9.04. The fraction of sp³-hybridized carbons (Fsp3) is 0.424. The number of amides is 1. The van der Waals surface area contributed by atoms with E-state index in [1.807, 2.05) is 26.0 Å². The minimum absolute atomic E-state index is 0.0291. The van der Waals surface area contributed by atoms with Gasteiger partial charge in [0, 0.05) is 62.6 Å². The molecule has 5 heterocycles. The zero-order valence-corrected chi connectivity index (χ0v) is 24.8. The van der Waals surface area contributed by atoms with Crippen LogP contribution in [0.25, 0.3) is 11.0 Å². The Kier molecular flexibility index (Phi) is 7.12. The number of carbonyl (C=O) groups is 1. The van der Waals surface area contributed by atoms with E-state index >= 15 is 0 Å². The predicted molar refractivity (Wildman–Crippen MR) is 159 cm³/mol. The maximum absolute atomic E-state index is 14.2. The summed E-state index contributed by atoms with van der Waals surface area (Å²) in [6.45, 7) is 7.22. The minimum Gasteiger partial charge on any atom is -0.455 e. The van der Waals surface area contributed by atoms with Crippen LogP contribution in [0.15, 0.2) is 48.8 Å². The van der Waals surface area contributed by atoms with Crippen LogP contribution in [0, 0.1) is 6.92 Å². The zero-order chi connectivity index (χ0) is 30.6. The van der Waals surface area contributed by atoms with Crippen LogP contribution in [0.2, 0.25) is 0 Å². The number of aromatic nitrogens is 3. The number of alkyl halides is 3. The number of hydrogen-bond acceptors (Lipinski definition) is 6. The lowest BCUT2D eigenvalue weighted by Gasteiger charge is -2.34. The van der Waals surface area contributed by atoms with Gasteiger partial charge in [-0.25, -0.2) is 4.98 Å². The molecule has 230 valence electrons. The number of benzene rings is 1. The van der Waals surface area contributed by atoms with E-state index in [1.165, 1.54) is 0 Å². The third-order valence-corrected chi connectivity index (χ3v) is 9.04. The van der Waals surface area contributed by atoms with Gasteiger partial charge in [-0.2, -0.15) is 13.2 Å². The zero-order valence-electron chi connectivity index (χ0n) is 24.8. The SMILES string of the molecule is Cc1cc2c(Oc3cnc4c(c3)CN(C(=O)Cc3ccc(CN5CCNC6(CC6)C5)c(C(F)(F)F)c3)C[C@H]4C)ccnc2[nH]1. The third kappa shape index (κ3) is 5.78. The molecule has 4 aromatic rings. The number of fused-ring (bicyclic) bond motifs is 2. The highest BCUT2D eigenvalue weighted by molar-refractivity contribution is 5.83. The van der Waals surface area contributed by atoms with E-state index in [4.69, 9.17) is 4.74 Å². The van der Waals surface area contributed by atoms with Gasteiger partial charge in [0.15, 0.2) is 0 Å². The molecule has 44 heavy (non-hydrogen) atoms. The van der Waals surface area contributed by atoms with Crippen LogP contribution in [0.5, 0.6) is 11.5 Å². The summed E-state index contributed by atoms with van der Waals surface area (Å²) in [4.78, 5) is 29.5. The Hall–Kier alpha value is -3.96. The minimum atomic E-state index is -4.50. The second-order valence-corrected chi connectivity index (χ2v) is 12.6. The molecular formula is C33H35F3N6O2. The molecule has 0 radical (unpaired) electrons. The van der Waals surface area contributed by atoms with Gasteiger partial charge in [0.25, 0.3) is 0 Å². The molecule has 2 N–H and O–H groups in total. The molecule has 3 aromatic heterocycles. The van der Waals surface area contributed by atoms with Crippen molar-refractivity contribution in [3.63, 3.8) is 0 Å². The van der Waals surface area contributed by atoms with Crippen molar-refractivity contribution < 1.29 is 22.7 Å². The Morgan fingerprint density at radius 3 is 2.80 bits per heavy atom. The van der Waals surface area contributed by atoms with Crippen LogP contribution in [-0.4, -0.2) is 62.4 Å². The van der Waals surface area contributed by atoms with Crippen LogP contribution >= 0.6 is 0 Å². The van der Waals surface area contributed by atoms with Crippen molar-refractivity contribution in [2.24, 2.45) is 0 Å². The fourth-order valence-electron chi connectivity index (χ4n) is 6.68. The standard InChI is InChI=1S/C33H35F3N6O2/c1-20-16-42(18-24-14-25(15-38-30(20)24)44-28-5-8-37-31-26(28)11-21(2)40-31)29(43)13-22-3-4-23(27(12-22)33(34,35)36)17-41-10-9-39-32(19-41)6-7-32/h3-5,8,11-12,14-15,20,39H,6-7,9-10,13,16-19H2,1-2H3,(H,37,40)/t20-/m1/s1. The monoisotopic (exact) mass is 604 g/mol. The number of nitrogens with zero attached hydrogens (tertiary/aromatic N) is 4. The molecule has 11 heteroatoms. The van der Waals surface area contributed by atoms with Crippen molar-refractivity contribution in [3.05, 3.63) is 82.4 Å². The molecular weight excluding hydrogens is 569 g/mol. The molecule has 0 bridgehead atoms. The van der Waals surface area contributed by atoms with E-state index in [0.717, 1.165) is 60.0 Å². The first-order valence-electron chi connectivity index (χ1n) is 15.1. The molecule has 7 rings (SSSR count). The van der Waals surface area contributed by atoms with Crippen molar-refractivity contribution in [2.45, 2.75) is 63.8 Å². The highest BCUT2D eigenvalue weighted by Crippen LogP contribution is 2.39. The first-order chi connectivity index (χ1) is 21.0. The Bertz CT molecular complexity index is 1730. The summed E-state index contributed by atoms with van der Waals surface area (Å²) in [7, 11) is 0. The number of aromatic amines is 1. The van der Waals surface area contributed by atoms with Gasteiger partial charge >= 0.3 is 6.18 Å². The molecule has 3 aliphatic rings. The van der Waals surface area contributed by atoms with Crippen LogP contribution in [0.3, 0.4) is 0 Å². The second-order valence-electron chi connectivity index (χ2n) is 12.6. The Morgan fingerprint density at radius 2 is 2.00 bits per heavy atom. The molecule has 1 saturated carbocycles. The second kappa shape index (κ2) is 10.9. The van der Waals surface area contributed by atoms with E-state index in [-0.39, 0.29) is 35.9 Å². The van der Waals surface area contributed by atoms with Gasteiger partial charge in [-0.3, -0.25) is 14.7 Å². The molecule has 2 fully saturated rings. The Labute approximate surface area is 253 Å². The number of halogens is 3. The topological polar surface area (TPSA) is 86.4 Å². The number of piperazine rings is 1. The van der Waals surface area contributed by atoms with Crippen LogP contribution in [-0.2, 0) is 30.5 Å². The Balaban J connectivity index is 1.06. The smallest absolute Gasteiger partial charge is 0.416 e. The molecule has 1 atom stereocenters. The number of nitrogens with one attached hydrogen (secondary N) is 2. The summed E-state index contributed by atoms with van der Waals surface area (Å²) in [6, 6.07) is 10.0.